The van der Waals surface area contributed by atoms with E-state index >= 15 is 0 Å². The minimum atomic E-state index is 0.780. The van der Waals surface area contributed by atoms with Gasteiger partial charge in [-0.1, -0.05) is 444 Å². The molecule has 0 spiro atoms. The number of rotatable bonds is 69. The average Bonchev–Trinajstić information content (AvgIpc) is 3.46. The van der Waals surface area contributed by atoms with Crippen molar-refractivity contribution < 1.29 is 0 Å². The molecule has 0 heterocycles. The number of hydrogen-bond donors (Lipinski definition) is 0. The summed E-state index contributed by atoms with van der Waals surface area (Å²) in [5.74, 6) is 0.780. The molecule has 0 amide bonds. The van der Waals surface area contributed by atoms with Crippen molar-refractivity contribution in [1.29, 1.82) is 0 Å². The number of unbranched alkanes of at least 4 members (excludes halogenated alkanes) is 60. The Balaban J connectivity index is 2.41. The maximum absolute atomic E-state index is 2.63. The zero-order valence-electron chi connectivity index (χ0n) is 55.9. The van der Waals surface area contributed by atoms with E-state index in [-0.39, 0.29) is 0 Å². The van der Waals surface area contributed by atoms with Crippen LogP contribution in [0.2, 0.25) is 0 Å². The van der Waals surface area contributed by atoms with E-state index in [1.807, 2.05) is 5.56 Å². The molecule has 0 saturated carbocycles. The zero-order chi connectivity index (χ0) is 56.5. The highest BCUT2D eigenvalue weighted by Gasteiger charge is 2.18. The molecule has 1 unspecified atom stereocenters. The van der Waals surface area contributed by atoms with Gasteiger partial charge in [0.25, 0.3) is 0 Å². The fourth-order valence-corrected chi connectivity index (χ4v) is 13.6. The first-order valence-corrected chi connectivity index (χ1v) is 38.4. The normalized spacial score (nSPS) is 12.2. The van der Waals surface area contributed by atoms with Crippen molar-refractivity contribution in [3.63, 3.8) is 0 Å². The molecule has 0 aliphatic heterocycles. The molecule has 0 N–H and O–H groups in total. The summed E-state index contributed by atoms with van der Waals surface area (Å²) in [6.45, 7) is 9.35. The van der Waals surface area contributed by atoms with E-state index in [1.54, 1.807) is 11.1 Å². The molecule has 79 heavy (non-hydrogen) atoms. The topological polar surface area (TPSA) is 0 Å². The molecule has 0 radical (unpaired) electrons. The van der Waals surface area contributed by atoms with Gasteiger partial charge in [0.1, 0.15) is 0 Å². The number of aryl methyl sites for hydroxylation is 1. The molecule has 0 fully saturated rings. The fourth-order valence-electron chi connectivity index (χ4n) is 13.6. The average molecular weight is 1100 g/mol. The van der Waals surface area contributed by atoms with Gasteiger partial charge in [-0.2, -0.15) is 0 Å². The van der Waals surface area contributed by atoms with Gasteiger partial charge in [-0.3, -0.25) is 0 Å². The number of benzene rings is 1. The summed E-state index contributed by atoms with van der Waals surface area (Å²) >= 11 is 0. The summed E-state index contributed by atoms with van der Waals surface area (Å²) in [6, 6.07) is 7.69. The van der Waals surface area contributed by atoms with E-state index in [1.165, 1.54) is 437 Å². The van der Waals surface area contributed by atoms with Crippen LogP contribution in [0.5, 0.6) is 0 Å². The van der Waals surface area contributed by atoms with Gasteiger partial charge in [0, 0.05) is 0 Å². The second-order valence-electron chi connectivity index (χ2n) is 27.0. The van der Waals surface area contributed by atoms with Gasteiger partial charge in [0.05, 0.1) is 0 Å². The molecule has 468 valence electrons. The quantitative estimate of drug-likeness (QED) is 0.0570. The summed E-state index contributed by atoms with van der Waals surface area (Å²) in [5, 5.41) is 0. The Morgan fingerprint density at radius 1 is 0.203 bits per heavy atom. The number of hydrogen-bond acceptors (Lipinski definition) is 0. The van der Waals surface area contributed by atoms with Crippen molar-refractivity contribution >= 4 is 0 Å². The van der Waals surface area contributed by atoms with Crippen LogP contribution in [0.1, 0.15) is 474 Å². The first-order valence-electron chi connectivity index (χ1n) is 38.4. The van der Waals surface area contributed by atoms with E-state index in [4.69, 9.17) is 0 Å². The Hall–Kier alpha value is -0.780. The molecule has 0 aromatic heterocycles. The molecule has 0 nitrogen and oxygen atoms in total. The Kier molecular flexibility index (Phi) is 64.0. The molecule has 1 rings (SSSR count). The highest BCUT2D eigenvalue weighted by molar-refractivity contribution is 5.38. The molecule has 1 aromatic carbocycles. The van der Waals surface area contributed by atoms with Crippen molar-refractivity contribution in [2.24, 2.45) is 0 Å². The van der Waals surface area contributed by atoms with Crippen LogP contribution in [0.3, 0.4) is 0 Å². The van der Waals surface area contributed by atoms with Gasteiger partial charge < -0.3 is 0 Å². The fraction of sp³-hybridized carbons (Fsp3) is 0.924. The van der Waals surface area contributed by atoms with Crippen molar-refractivity contribution in [3.8, 4) is 0 Å². The lowest BCUT2D eigenvalue weighted by atomic mass is 9.81. The van der Waals surface area contributed by atoms with Crippen LogP contribution >= 0.6 is 0 Å². The van der Waals surface area contributed by atoms with Gasteiger partial charge in [0.15, 0.2) is 0 Å². The molecule has 0 bridgehead atoms. The monoisotopic (exact) mass is 1100 g/mol. The smallest absolute Gasteiger partial charge is 0.0159 e. The Morgan fingerprint density at radius 2 is 0.392 bits per heavy atom. The zero-order valence-corrected chi connectivity index (χ0v) is 55.9. The van der Waals surface area contributed by atoms with Gasteiger partial charge >= 0.3 is 0 Å². The van der Waals surface area contributed by atoms with Crippen LogP contribution in [-0.2, 0) is 12.8 Å². The summed E-state index contributed by atoms with van der Waals surface area (Å²) in [5.41, 5.74) is 5.37. The summed E-state index contributed by atoms with van der Waals surface area (Å²) in [6.07, 6.45) is 99.1. The van der Waals surface area contributed by atoms with E-state index in [9.17, 15) is 0 Å². The van der Waals surface area contributed by atoms with E-state index in [0.29, 0.717) is 0 Å². The lowest BCUT2D eigenvalue weighted by Crippen LogP contribution is -2.08. The van der Waals surface area contributed by atoms with E-state index in [2.05, 4.69) is 45.9 Å². The first kappa shape index (κ1) is 76.2. The van der Waals surface area contributed by atoms with Gasteiger partial charge in [-0.15, -0.1) is 0 Å². The van der Waals surface area contributed by atoms with Crippen molar-refractivity contribution in [2.75, 3.05) is 0 Å². The third-order valence-electron chi connectivity index (χ3n) is 19.1. The molecule has 0 aliphatic carbocycles. The molecule has 0 heteroatoms. The molecular formula is C79H152. The molecule has 1 atom stereocenters. The SMILES string of the molecule is CCCCCCCCCCCCCCCCCCCCCCCCCCCCCCCC(CCCCCCCCCCCCCCCCCCCCCCC)c1cccc(CCCCCCCCC)c1CCCCCCCCC. The predicted octanol–water partition coefficient (Wildman–Crippen LogP) is 29.7. The van der Waals surface area contributed by atoms with E-state index < -0.39 is 0 Å². The highest BCUT2D eigenvalue weighted by Crippen LogP contribution is 2.35. The lowest BCUT2D eigenvalue weighted by molar-refractivity contribution is 0.476. The Labute approximate surface area is 502 Å². The Morgan fingerprint density at radius 3 is 0.620 bits per heavy atom. The largest absolute Gasteiger partial charge is 0.0654 e. The van der Waals surface area contributed by atoms with Gasteiger partial charge in [-0.05, 0) is 61.1 Å². The van der Waals surface area contributed by atoms with Crippen LogP contribution < -0.4 is 0 Å². The maximum Gasteiger partial charge on any atom is -0.0159 e. The molecule has 0 saturated heterocycles. The molecule has 0 aliphatic rings. The third kappa shape index (κ3) is 54.9. The van der Waals surface area contributed by atoms with Crippen molar-refractivity contribution in [3.05, 3.63) is 34.9 Å². The van der Waals surface area contributed by atoms with Crippen LogP contribution in [0.15, 0.2) is 18.2 Å². The summed E-state index contributed by atoms with van der Waals surface area (Å²) < 4.78 is 0. The van der Waals surface area contributed by atoms with E-state index in [0.717, 1.165) is 5.92 Å². The van der Waals surface area contributed by atoms with Gasteiger partial charge in [-0.25, -0.2) is 0 Å². The second kappa shape index (κ2) is 66.4. The van der Waals surface area contributed by atoms with Crippen LogP contribution in [0.4, 0.5) is 0 Å². The minimum Gasteiger partial charge on any atom is -0.0654 e. The summed E-state index contributed by atoms with van der Waals surface area (Å²) in [4.78, 5) is 0. The summed E-state index contributed by atoms with van der Waals surface area (Å²) in [7, 11) is 0. The third-order valence-corrected chi connectivity index (χ3v) is 19.1. The lowest BCUT2D eigenvalue weighted by Gasteiger charge is -2.24. The van der Waals surface area contributed by atoms with Crippen LogP contribution in [-0.4, -0.2) is 0 Å². The maximum atomic E-state index is 2.63. The van der Waals surface area contributed by atoms with Crippen molar-refractivity contribution in [1.82, 2.24) is 0 Å². The standard InChI is InChI=1S/C79H152/c1-5-9-13-17-21-23-25-27-29-31-33-35-36-37-38-39-40-41-42-44-46-48-50-52-54-56-60-63-66-71-76(70-65-62-59-55-53-51-49-47-45-43-34-32-30-28-26-24-22-18-14-10-6-2)79-75-69-73-77(72-67-61-57-19-15-11-7-3)78(79)74-68-64-58-20-16-12-8-4/h69,73,75-76H,5-68,70-72,74H2,1-4H3. The minimum absolute atomic E-state index is 0.780. The predicted molar refractivity (Wildman–Crippen MR) is 364 cm³/mol. The second-order valence-corrected chi connectivity index (χ2v) is 27.0. The Bertz CT molecular complexity index is 1240. The molecular weight excluding hydrogens is 949 g/mol. The van der Waals surface area contributed by atoms with Crippen LogP contribution in [0.25, 0.3) is 0 Å². The van der Waals surface area contributed by atoms with Gasteiger partial charge in [0.2, 0.25) is 0 Å². The van der Waals surface area contributed by atoms with Crippen molar-refractivity contribution in [2.45, 2.75) is 470 Å². The van der Waals surface area contributed by atoms with Crippen LogP contribution in [0, 0.1) is 0 Å². The highest BCUT2D eigenvalue weighted by atomic mass is 14.2. The molecule has 1 aromatic rings. The first-order chi connectivity index (χ1) is 39.3.